The van der Waals surface area contributed by atoms with Crippen molar-refractivity contribution >= 4 is 5.82 Å². The molecule has 5 heteroatoms. The molecule has 4 rings (SSSR count). The molecule has 0 unspecified atom stereocenters. The molecule has 0 amide bonds. The molecule has 126 valence electrons. The van der Waals surface area contributed by atoms with Gasteiger partial charge in [-0.1, -0.05) is 30.3 Å². The Bertz CT molecular complexity index is 849. The first-order chi connectivity index (χ1) is 12.3. The molecule has 1 atom stereocenters. The van der Waals surface area contributed by atoms with Crippen LogP contribution in [0.5, 0.6) is 0 Å². The highest BCUT2D eigenvalue weighted by molar-refractivity contribution is 5.60. The van der Waals surface area contributed by atoms with Crippen LogP contribution >= 0.6 is 0 Å². The van der Waals surface area contributed by atoms with Crippen molar-refractivity contribution in [3.63, 3.8) is 0 Å². The molecule has 3 aromatic rings. The first kappa shape index (κ1) is 15.7. The lowest BCUT2D eigenvalue weighted by atomic mass is 10.0. The van der Waals surface area contributed by atoms with Crippen LogP contribution in [0.25, 0.3) is 11.4 Å². The van der Waals surface area contributed by atoms with Crippen LogP contribution in [0, 0.1) is 0 Å². The maximum absolute atomic E-state index is 4.84. The van der Waals surface area contributed by atoms with Crippen LogP contribution in [0.2, 0.25) is 0 Å². The lowest BCUT2D eigenvalue weighted by molar-refractivity contribution is 0.624. The van der Waals surface area contributed by atoms with E-state index in [0.29, 0.717) is 0 Å². The standard InChI is InChI=1S/C20H21N5/c1-14(15-5-3-2-4-6-15)23-20-17-9-12-22-13-18(17)24-19(25-20)16-7-10-21-11-8-16/h2-8,10-11,14,22H,9,12-13H2,1H3,(H,23,24,25)/t14-/m0/s1. The van der Waals surface area contributed by atoms with E-state index in [9.17, 15) is 0 Å². The zero-order valence-electron chi connectivity index (χ0n) is 14.2. The normalized spacial score (nSPS) is 14.6. The molecule has 5 nitrogen and oxygen atoms in total. The fraction of sp³-hybridized carbons (Fsp3) is 0.250. The summed E-state index contributed by atoms with van der Waals surface area (Å²) in [6.07, 6.45) is 4.49. The lowest BCUT2D eigenvalue weighted by Crippen LogP contribution is -2.27. The van der Waals surface area contributed by atoms with Crippen molar-refractivity contribution in [2.45, 2.75) is 25.9 Å². The van der Waals surface area contributed by atoms with Crippen LogP contribution in [-0.2, 0) is 13.0 Å². The second kappa shape index (κ2) is 6.99. The minimum Gasteiger partial charge on any atom is -0.363 e. The van der Waals surface area contributed by atoms with Gasteiger partial charge in [0.2, 0.25) is 0 Å². The summed E-state index contributed by atoms with van der Waals surface area (Å²) in [4.78, 5) is 13.7. The average Bonchev–Trinajstić information content (AvgIpc) is 2.69. The van der Waals surface area contributed by atoms with Gasteiger partial charge >= 0.3 is 0 Å². The third kappa shape index (κ3) is 3.37. The number of nitrogens with one attached hydrogen (secondary N) is 2. The van der Waals surface area contributed by atoms with Gasteiger partial charge in [-0.15, -0.1) is 0 Å². The highest BCUT2D eigenvalue weighted by atomic mass is 15.1. The highest BCUT2D eigenvalue weighted by Crippen LogP contribution is 2.27. The molecule has 0 bridgehead atoms. The van der Waals surface area contributed by atoms with Gasteiger partial charge in [-0.05, 0) is 37.6 Å². The molecule has 0 saturated carbocycles. The molecule has 0 spiro atoms. The number of rotatable bonds is 4. The average molecular weight is 331 g/mol. The van der Waals surface area contributed by atoms with Crippen molar-refractivity contribution in [2.75, 3.05) is 11.9 Å². The third-order valence-corrected chi connectivity index (χ3v) is 4.53. The minimum absolute atomic E-state index is 0.181. The van der Waals surface area contributed by atoms with Crippen molar-refractivity contribution in [2.24, 2.45) is 0 Å². The molecular formula is C20H21N5. The fourth-order valence-corrected chi connectivity index (χ4v) is 3.14. The van der Waals surface area contributed by atoms with E-state index in [2.05, 4.69) is 46.8 Å². The van der Waals surface area contributed by atoms with Gasteiger partial charge < -0.3 is 10.6 Å². The molecule has 1 aliphatic rings. The zero-order valence-corrected chi connectivity index (χ0v) is 14.2. The van der Waals surface area contributed by atoms with Gasteiger partial charge in [0, 0.05) is 36.1 Å². The van der Waals surface area contributed by atoms with E-state index < -0.39 is 0 Å². The molecule has 1 aromatic carbocycles. The van der Waals surface area contributed by atoms with E-state index in [1.54, 1.807) is 12.4 Å². The largest absolute Gasteiger partial charge is 0.363 e. The van der Waals surface area contributed by atoms with Gasteiger partial charge in [0.25, 0.3) is 0 Å². The van der Waals surface area contributed by atoms with Crippen LogP contribution in [0.3, 0.4) is 0 Å². The Morgan fingerprint density at radius 3 is 2.64 bits per heavy atom. The van der Waals surface area contributed by atoms with E-state index >= 15 is 0 Å². The number of hydrogen-bond acceptors (Lipinski definition) is 5. The van der Waals surface area contributed by atoms with Crippen molar-refractivity contribution in [1.29, 1.82) is 0 Å². The summed E-state index contributed by atoms with van der Waals surface area (Å²) < 4.78 is 0. The molecular weight excluding hydrogens is 310 g/mol. The Labute approximate surface area is 147 Å². The summed E-state index contributed by atoms with van der Waals surface area (Å²) in [6.45, 7) is 3.90. The number of fused-ring (bicyclic) bond motifs is 1. The Kier molecular flexibility index (Phi) is 4.39. The maximum Gasteiger partial charge on any atom is 0.161 e. The second-order valence-corrected chi connectivity index (χ2v) is 6.26. The van der Waals surface area contributed by atoms with Crippen LogP contribution < -0.4 is 10.6 Å². The Morgan fingerprint density at radius 1 is 1.04 bits per heavy atom. The molecule has 3 heterocycles. The van der Waals surface area contributed by atoms with Crippen molar-refractivity contribution < 1.29 is 0 Å². The van der Waals surface area contributed by atoms with Crippen LogP contribution in [-0.4, -0.2) is 21.5 Å². The molecule has 25 heavy (non-hydrogen) atoms. The summed E-state index contributed by atoms with van der Waals surface area (Å²) in [5.41, 5.74) is 4.53. The van der Waals surface area contributed by atoms with Crippen molar-refractivity contribution in [3.8, 4) is 11.4 Å². The predicted molar refractivity (Wildman–Crippen MR) is 99.2 cm³/mol. The zero-order chi connectivity index (χ0) is 17.1. The quantitative estimate of drug-likeness (QED) is 0.767. The third-order valence-electron chi connectivity index (χ3n) is 4.53. The number of benzene rings is 1. The smallest absolute Gasteiger partial charge is 0.161 e. The van der Waals surface area contributed by atoms with Gasteiger partial charge in [0.1, 0.15) is 5.82 Å². The van der Waals surface area contributed by atoms with Crippen LogP contribution in [0.4, 0.5) is 5.82 Å². The molecule has 1 aliphatic heterocycles. The van der Waals surface area contributed by atoms with E-state index in [1.807, 2.05) is 18.2 Å². The number of aromatic nitrogens is 3. The van der Waals surface area contributed by atoms with E-state index in [-0.39, 0.29) is 6.04 Å². The Hall–Kier alpha value is -2.79. The lowest BCUT2D eigenvalue weighted by Gasteiger charge is -2.23. The first-order valence-corrected chi connectivity index (χ1v) is 8.63. The number of pyridine rings is 1. The fourth-order valence-electron chi connectivity index (χ4n) is 3.14. The van der Waals surface area contributed by atoms with Gasteiger partial charge in [-0.2, -0.15) is 0 Å². The minimum atomic E-state index is 0.181. The second-order valence-electron chi connectivity index (χ2n) is 6.26. The molecule has 0 fully saturated rings. The maximum atomic E-state index is 4.84. The van der Waals surface area contributed by atoms with Gasteiger partial charge in [0.15, 0.2) is 5.82 Å². The summed E-state index contributed by atoms with van der Waals surface area (Å²) in [7, 11) is 0. The number of nitrogens with zero attached hydrogens (tertiary/aromatic N) is 3. The van der Waals surface area contributed by atoms with Crippen molar-refractivity contribution in [1.82, 2.24) is 20.3 Å². The van der Waals surface area contributed by atoms with Gasteiger partial charge in [-0.3, -0.25) is 4.98 Å². The molecule has 0 saturated heterocycles. The summed E-state index contributed by atoms with van der Waals surface area (Å²) >= 11 is 0. The van der Waals surface area contributed by atoms with Gasteiger partial charge in [-0.25, -0.2) is 9.97 Å². The van der Waals surface area contributed by atoms with E-state index in [4.69, 9.17) is 9.97 Å². The molecule has 0 radical (unpaired) electrons. The Balaban J connectivity index is 1.72. The van der Waals surface area contributed by atoms with E-state index in [1.165, 1.54) is 11.1 Å². The van der Waals surface area contributed by atoms with Crippen molar-refractivity contribution in [3.05, 3.63) is 71.7 Å². The monoisotopic (exact) mass is 331 g/mol. The number of hydrogen-bond donors (Lipinski definition) is 2. The predicted octanol–water partition coefficient (Wildman–Crippen LogP) is 3.36. The summed E-state index contributed by atoms with van der Waals surface area (Å²) in [6, 6.07) is 14.5. The summed E-state index contributed by atoms with van der Waals surface area (Å²) in [5, 5.41) is 7.00. The molecule has 2 aromatic heterocycles. The van der Waals surface area contributed by atoms with E-state index in [0.717, 1.165) is 42.4 Å². The molecule has 0 aliphatic carbocycles. The SMILES string of the molecule is C[C@H](Nc1nc(-c2ccncc2)nc2c1CCNC2)c1ccccc1. The first-order valence-electron chi connectivity index (χ1n) is 8.63. The van der Waals surface area contributed by atoms with Crippen LogP contribution in [0.15, 0.2) is 54.9 Å². The number of anilines is 1. The van der Waals surface area contributed by atoms with Gasteiger partial charge in [0.05, 0.1) is 5.69 Å². The topological polar surface area (TPSA) is 62.7 Å². The highest BCUT2D eigenvalue weighted by Gasteiger charge is 2.19. The Morgan fingerprint density at radius 2 is 1.84 bits per heavy atom. The van der Waals surface area contributed by atoms with Crippen LogP contribution in [0.1, 0.15) is 29.8 Å². The summed E-state index contributed by atoms with van der Waals surface area (Å²) in [5.74, 6) is 1.68. The molecule has 2 N–H and O–H groups in total.